The molecule has 0 amide bonds. The van der Waals surface area contributed by atoms with E-state index in [-0.39, 0.29) is 0 Å². The molecule has 2 rings (SSSR count). The van der Waals surface area contributed by atoms with E-state index >= 15 is 0 Å². The highest BCUT2D eigenvalue weighted by Gasteiger charge is 2.09. The molecule has 0 atom stereocenters. The number of guanidine groups is 1. The molecule has 6 heteroatoms. The molecule has 24 heavy (non-hydrogen) atoms. The molecule has 2 N–H and O–H groups in total. The van der Waals surface area contributed by atoms with Gasteiger partial charge in [-0.2, -0.15) is 0 Å². The zero-order valence-corrected chi connectivity index (χ0v) is 16.5. The number of hydrogen-bond acceptors (Lipinski definition) is 3. The van der Waals surface area contributed by atoms with Gasteiger partial charge in [0, 0.05) is 23.1 Å². The first-order valence-corrected chi connectivity index (χ1v) is 8.91. The molecule has 0 aliphatic heterocycles. The van der Waals surface area contributed by atoms with E-state index in [9.17, 15) is 0 Å². The van der Waals surface area contributed by atoms with Crippen molar-refractivity contribution in [1.29, 1.82) is 0 Å². The Morgan fingerprint density at radius 3 is 2.33 bits per heavy atom. The first kappa shape index (κ1) is 18.5. The predicted octanol–water partition coefficient (Wildman–Crippen LogP) is 3.93. The van der Waals surface area contributed by atoms with Crippen LogP contribution in [-0.2, 0) is 13.1 Å². The van der Waals surface area contributed by atoms with Crippen LogP contribution in [0.15, 0.2) is 26.1 Å². The molecule has 2 aromatic rings. The minimum Gasteiger partial charge on any atom is -0.361 e. The minimum atomic E-state index is 0.550. The number of benzene rings is 1. The van der Waals surface area contributed by atoms with Gasteiger partial charge in [-0.15, -0.1) is 0 Å². The molecular weight excluding hydrogens is 368 g/mol. The maximum absolute atomic E-state index is 5.19. The Labute approximate surface area is 152 Å². The van der Waals surface area contributed by atoms with Crippen molar-refractivity contribution < 1.29 is 4.52 Å². The highest BCUT2D eigenvalue weighted by Crippen LogP contribution is 2.20. The fourth-order valence-electron chi connectivity index (χ4n) is 2.62. The number of halogens is 1. The van der Waals surface area contributed by atoms with Crippen LogP contribution in [0, 0.1) is 27.7 Å². The Balaban J connectivity index is 2.10. The second kappa shape index (κ2) is 8.33. The maximum atomic E-state index is 5.19. The van der Waals surface area contributed by atoms with Crippen LogP contribution in [0.4, 0.5) is 0 Å². The minimum absolute atomic E-state index is 0.550. The molecule has 0 aliphatic carbocycles. The van der Waals surface area contributed by atoms with E-state index in [0.29, 0.717) is 6.54 Å². The monoisotopic (exact) mass is 392 g/mol. The van der Waals surface area contributed by atoms with E-state index in [4.69, 9.17) is 4.52 Å². The van der Waals surface area contributed by atoms with Gasteiger partial charge >= 0.3 is 0 Å². The maximum Gasteiger partial charge on any atom is 0.191 e. The zero-order valence-electron chi connectivity index (χ0n) is 15.0. The summed E-state index contributed by atoms with van der Waals surface area (Å²) < 4.78 is 6.31. The van der Waals surface area contributed by atoms with Crippen LogP contribution in [0.25, 0.3) is 0 Å². The SMILES string of the molecule is CCNC(=NCc1c(C)noc1C)NCc1c(C)cc(Br)cc1C. The summed E-state index contributed by atoms with van der Waals surface area (Å²) in [4.78, 5) is 4.65. The van der Waals surface area contributed by atoms with Gasteiger partial charge in [0.15, 0.2) is 5.96 Å². The summed E-state index contributed by atoms with van der Waals surface area (Å²) in [5.41, 5.74) is 5.75. The molecular formula is C18H25BrN4O. The number of hydrogen-bond donors (Lipinski definition) is 2. The molecule has 1 aromatic carbocycles. The topological polar surface area (TPSA) is 62.5 Å². The summed E-state index contributed by atoms with van der Waals surface area (Å²) in [5, 5.41) is 10.7. The Bertz CT molecular complexity index is 694. The molecule has 1 heterocycles. The fraction of sp³-hybridized carbons (Fsp3) is 0.444. The molecule has 130 valence electrons. The van der Waals surface area contributed by atoms with E-state index in [1.807, 2.05) is 13.8 Å². The lowest BCUT2D eigenvalue weighted by Crippen LogP contribution is -2.37. The van der Waals surface area contributed by atoms with Crippen molar-refractivity contribution in [2.24, 2.45) is 4.99 Å². The van der Waals surface area contributed by atoms with Crippen LogP contribution < -0.4 is 10.6 Å². The van der Waals surface area contributed by atoms with Crippen LogP contribution >= 0.6 is 15.9 Å². The third-order valence-corrected chi connectivity index (χ3v) is 4.47. The van der Waals surface area contributed by atoms with Gasteiger partial charge in [0.1, 0.15) is 5.76 Å². The fourth-order valence-corrected chi connectivity index (χ4v) is 3.31. The summed E-state index contributed by atoms with van der Waals surface area (Å²) in [6.07, 6.45) is 0. The van der Waals surface area contributed by atoms with E-state index < -0.39 is 0 Å². The molecule has 0 fully saturated rings. The Morgan fingerprint density at radius 2 is 1.79 bits per heavy atom. The Morgan fingerprint density at radius 1 is 1.12 bits per heavy atom. The summed E-state index contributed by atoms with van der Waals surface area (Å²) in [6.45, 7) is 12.3. The van der Waals surface area contributed by atoms with Crippen LogP contribution in [0.2, 0.25) is 0 Å². The molecule has 5 nitrogen and oxygen atoms in total. The molecule has 0 aliphatic rings. The molecule has 1 aromatic heterocycles. The Hall–Kier alpha value is -1.82. The van der Waals surface area contributed by atoms with Gasteiger partial charge in [-0.25, -0.2) is 4.99 Å². The first-order valence-electron chi connectivity index (χ1n) is 8.12. The Kier molecular flexibility index (Phi) is 6.43. The molecule has 0 spiro atoms. The lowest BCUT2D eigenvalue weighted by atomic mass is 10.0. The van der Waals surface area contributed by atoms with Crippen molar-refractivity contribution in [3.8, 4) is 0 Å². The van der Waals surface area contributed by atoms with Gasteiger partial charge in [-0.05, 0) is 63.4 Å². The third-order valence-electron chi connectivity index (χ3n) is 4.01. The second-order valence-corrected chi connectivity index (χ2v) is 6.79. The smallest absolute Gasteiger partial charge is 0.191 e. The number of aromatic nitrogens is 1. The van der Waals surface area contributed by atoms with Gasteiger partial charge in [-0.1, -0.05) is 21.1 Å². The standard InChI is InChI=1S/C18H25BrN4O/c1-6-20-18(22-10-17-13(4)23-24-14(17)5)21-9-16-11(2)7-15(19)8-12(16)3/h7-8H,6,9-10H2,1-5H3,(H2,20,21,22). The molecule has 0 saturated carbocycles. The average molecular weight is 393 g/mol. The lowest BCUT2D eigenvalue weighted by Gasteiger charge is -2.15. The largest absolute Gasteiger partial charge is 0.361 e. The van der Waals surface area contributed by atoms with Crippen molar-refractivity contribution in [1.82, 2.24) is 15.8 Å². The quantitative estimate of drug-likeness (QED) is 0.597. The molecule has 0 radical (unpaired) electrons. The van der Waals surface area contributed by atoms with E-state index in [1.54, 1.807) is 0 Å². The third kappa shape index (κ3) is 4.60. The number of aryl methyl sites for hydroxylation is 4. The summed E-state index contributed by atoms with van der Waals surface area (Å²) in [7, 11) is 0. The first-order chi connectivity index (χ1) is 11.4. The van der Waals surface area contributed by atoms with Crippen LogP contribution in [0.1, 0.15) is 40.6 Å². The highest BCUT2D eigenvalue weighted by molar-refractivity contribution is 9.10. The zero-order chi connectivity index (χ0) is 17.7. The number of rotatable bonds is 5. The summed E-state index contributed by atoms with van der Waals surface area (Å²) in [5.74, 6) is 1.62. The molecule has 0 unspecified atom stereocenters. The summed E-state index contributed by atoms with van der Waals surface area (Å²) >= 11 is 3.54. The van der Waals surface area contributed by atoms with Crippen molar-refractivity contribution in [3.05, 3.63) is 50.3 Å². The number of nitrogens with zero attached hydrogens (tertiary/aromatic N) is 2. The summed E-state index contributed by atoms with van der Waals surface area (Å²) in [6, 6.07) is 4.27. The normalized spacial score (nSPS) is 11.7. The van der Waals surface area contributed by atoms with Gasteiger partial charge in [0.2, 0.25) is 0 Å². The van der Waals surface area contributed by atoms with E-state index in [1.165, 1.54) is 16.7 Å². The predicted molar refractivity (Wildman–Crippen MR) is 101 cm³/mol. The van der Waals surface area contributed by atoms with Gasteiger partial charge < -0.3 is 15.2 Å². The van der Waals surface area contributed by atoms with Crippen molar-refractivity contribution in [2.75, 3.05) is 6.54 Å². The molecule has 0 bridgehead atoms. The van der Waals surface area contributed by atoms with Gasteiger partial charge in [0.05, 0.1) is 12.2 Å². The van der Waals surface area contributed by atoms with Crippen molar-refractivity contribution in [2.45, 2.75) is 47.7 Å². The van der Waals surface area contributed by atoms with Crippen LogP contribution in [0.3, 0.4) is 0 Å². The number of aliphatic imine (C=N–C) groups is 1. The van der Waals surface area contributed by atoms with E-state index in [2.05, 4.69) is 69.6 Å². The molecule has 0 saturated heterocycles. The van der Waals surface area contributed by atoms with Gasteiger partial charge in [0.25, 0.3) is 0 Å². The van der Waals surface area contributed by atoms with Gasteiger partial charge in [-0.3, -0.25) is 0 Å². The second-order valence-electron chi connectivity index (χ2n) is 5.87. The average Bonchev–Trinajstić information content (AvgIpc) is 2.82. The van der Waals surface area contributed by atoms with Crippen LogP contribution in [-0.4, -0.2) is 17.7 Å². The highest BCUT2D eigenvalue weighted by atomic mass is 79.9. The van der Waals surface area contributed by atoms with Crippen molar-refractivity contribution >= 4 is 21.9 Å². The lowest BCUT2D eigenvalue weighted by molar-refractivity contribution is 0.392. The van der Waals surface area contributed by atoms with Crippen molar-refractivity contribution in [3.63, 3.8) is 0 Å². The van der Waals surface area contributed by atoms with Crippen LogP contribution in [0.5, 0.6) is 0 Å². The number of nitrogens with one attached hydrogen (secondary N) is 2. The van der Waals surface area contributed by atoms with E-state index in [0.717, 1.165) is 40.5 Å².